The van der Waals surface area contributed by atoms with Crippen LogP contribution < -0.4 is 4.74 Å². The van der Waals surface area contributed by atoms with Crippen molar-refractivity contribution in [1.82, 2.24) is 4.90 Å². The van der Waals surface area contributed by atoms with Gasteiger partial charge in [-0.05, 0) is 356 Å². The van der Waals surface area contributed by atoms with Crippen LogP contribution in [0.5, 0.6) is 5.75 Å². The number of rotatable bonds is 6. The molecule has 0 saturated carbocycles. The van der Waals surface area contributed by atoms with E-state index in [1.54, 1.807) is 313 Å². The summed E-state index contributed by atoms with van der Waals surface area (Å²) in [5.41, 5.74) is 7.87. The van der Waals surface area contributed by atoms with Gasteiger partial charge in [0, 0.05) is 12.6 Å². The zero-order valence-electron chi connectivity index (χ0n) is 39.7. The normalized spacial score (nSPS) is 22.9. The van der Waals surface area contributed by atoms with Crippen LogP contribution in [0.4, 0.5) is 0 Å². The summed E-state index contributed by atoms with van der Waals surface area (Å²) in [4.78, 5) is 2.94. The Labute approximate surface area is 424 Å². The third-order valence-electron chi connectivity index (χ3n) is 26.9. The standard InChI is InChI=1S/C73H19NOS/c1-74-10-72-67-59-51-41-31-23-15-13-14-17-21-19(15)27-35-29(21)39-33-25(17)26-18(14)22-20-16(13)24(23)32-38-28(20)36-30(22)40-34(26)44-43(33)55-49(39)57-47(35)53(45(51)37(27)31)61(67)63(57)69-65(55)66-56(44)50(40)58-48(36)54-46(38)52(42(32)41)60(59)68(72)62(54)64(58)70(66)73(69,72)71(74)11-4-6-12(7-5-11)75-8-2-3-9-76/h4-7,71,76H,2-3,8-10H2,1H3. The highest BCUT2D eigenvalue weighted by Gasteiger charge is 2.75. The molecule has 76 heavy (non-hydrogen) atoms. The van der Waals surface area contributed by atoms with Gasteiger partial charge in [0.1, 0.15) is 5.75 Å². The minimum atomic E-state index is -0.345. The van der Waals surface area contributed by atoms with Crippen molar-refractivity contribution in [3.8, 4) is 5.75 Å². The van der Waals surface area contributed by atoms with Crippen LogP contribution in [0.2, 0.25) is 0 Å². The quantitative estimate of drug-likeness (QED) is 0.101. The fraction of sp³-hybridized carbons (Fsp3) is 0.123. The smallest absolute Gasteiger partial charge is 0.119 e. The summed E-state index contributed by atoms with van der Waals surface area (Å²) in [5, 5.41) is 90.0. The van der Waals surface area contributed by atoms with Crippen molar-refractivity contribution in [2.45, 2.75) is 29.7 Å². The van der Waals surface area contributed by atoms with E-state index in [1.807, 2.05) is 0 Å². The zero-order valence-corrected chi connectivity index (χ0v) is 40.6. The molecule has 1 unspecified atom stereocenters. The summed E-state index contributed by atoms with van der Waals surface area (Å²) < 4.78 is 6.55. The maximum absolute atomic E-state index is 6.55. The van der Waals surface area contributed by atoms with Crippen molar-refractivity contribution < 1.29 is 4.74 Å². The molecule has 0 radical (unpaired) electrons. The lowest BCUT2D eigenvalue weighted by Gasteiger charge is -2.52. The first-order valence-corrected chi connectivity index (χ1v) is 29.2. The Morgan fingerprint density at radius 3 is 0.829 bits per heavy atom. The molecule has 34 rings (SSSR count). The van der Waals surface area contributed by atoms with Gasteiger partial charge in [0.25, 0.3) is 0 Å². The van der Waals surface area contributed by atoms with Crippen molar-refractivity contribution >= 4 is 303 Å². The highest BCUT2D eigenvalue weighted by atomic mass is 32.1. The monoisotopic (exact) mass is 957 g/mol. The summed E-state index contributed by atoms with van der Waals surface area (Å²) in [7, 11) is 2.57. The SMILES string of the molecule is CN1CC23c4c5c6c7c8c9c(c%10c%11c2c2c4c4c%12c5c5c6c6c8c8c%13c9c9c%10c%10c%11c%11c2c2c4c4c%12c%12c5c5c6c8c6c8c%13c9c9c%10c%10c%11c2c2c4c4c%12c5c6c5c8c9c%10c2c45)C73C1c1ccc(OCCCCS)cc1. The first-order valence-electron chi connectivity index (χ1n) is 28.6. The molecule has 29 aromatic carbocycles. The molecule has 0 bridgehead atoms. The maximum Gasteiger partial charge on any atom is 0.119 e. The lowest BCUT2D eigenvalue weighted by atomic mass is 9.47. The number of nitrogens with zero attached hydrogens (tertiary/aromatic N) is 1. The number of ether oxygens (including phenoxy) is 1. The summed E-state index contributed by atoms with van der Waals surface area (Å²) in [6, 6.07) is 9.87. The van der Waals surface area contributed by atoms with Crippen LogP contribution in [-0.2, 0) is 10.8 Å². The van der Waals surface area contributed by atoms with E-state index in [-0.39, 0.29) is 16.9 Å². The van der Waals surface area contributed by atoms with E-state index in [1.165, 1.54) is 5.56 Å². The van der Waals surface area contributed by atoms with Crippen LogP contribution >= 0.6 is 12.6 Å². The largest absolute Gasteiger partial charge is 0.494 e. The van der Waals surface area contributed by atoms with Crippen LogP contribution in [0.1, 0.15) is 46.7 Å². The minimum Gasteiger partial charge on any atom is -0.494 e. The molecule has 2 spiro atoms. The van der Waals surface area contributed by atoms with Crippen molar-refractivity contribution in [3.05, 3.63) is 52.1 Å². The van der Waals surface area contributed by atoms with Gasteiger partial charge in [-0.15, -0.1) is 0 Å². The predicted octanol–water partition coefficient (Wildman–Crippen LogP) is 19.1. The van der Waals surface area contributed by atoms with Gasteiger partial charge < -0.3 is 4.74 Å². The topological polar surface area (TPSA) is 12.5 Å². The van der Waals surface area contributed by atoms with Crippen LogP contribution in [0.15, 0.2) is 24.3 Å². The molecule has 1 aliphatic heterocycles. The van der Waals surface area contributed by atoms with Gasteiger partial charge in [-0.1, -0.05) is 12.1 Å². The summed E-state index contributed by atoms with van der Waals surface area (Å²) in [5.74, 6) is 1.90. The van der Waals surface area contributed by atoms with Crippen molar-refractivity contribution in [3.63, 3.8) is 0 Å². The van der Waals surface area contributed by atoms with Crippen LogP contribution in [0, 0.1) is 0 Å². The Morgan fingerprint density at radius 2 is 0.579 bits per heavy atom. The van der Waals surface area contributed by atoms with Gasteiger partial charge in [0.15, 0.2) is 0 Å². The van der Waals surface area contributed by atoms with Gasteiger partial charge in [-0.3, -0.25) is 4.90 Å². The molecule has 0 amide bonds. The first-order chi connectivity index (χ1) is 37.8. The third-order valence-corrected chi connectivity index (χ3v) is 27.2. The molecule has 1 saturated heterocycles. The molecular weight excluding hydrogens is 939 g/mol. The Morgan fingerprint density at radius 1 is 0.342 bits per heavy atom. The lowest BCUT2D eigenvalue weighted by Crippen LogP contribution is -2.51. The second kappa shape index (κ2) is 7.24. The molecule has 4 aliphatic carbocycles. The van der Waals surface area contributed by atoms with Crippen molar-refractivity contribution in [2.24, 2.45) is 0 Å². The van der Waals surface area contributed by atoms with Crippen LogP contribution in [0.3, 0.4) is 0 Å². The Bertz CT molecular complexity index is 7340. The van der Waals surface area contributed by atoms with Crippen molar-refractivity contribution in [2.75, 3.05) is 26.0 Å². The Kier molecular flexibility index (Phi) is 2.89. The van der Waals surface area contributed by atoms with Crippen LogP contribution in [0.25, 0.3) is 291 Å². The Balaban J connectivity index is 1.04. The van der Waals surface area contributed by atoms with Gasteiger partial charge >= 0.3 is 0 Å². The molecule has 1 atom stereocenters. The minimum absolute atomic E-state index is 0.126. The molecule has 0 N–H and O–H groups in total. The number of likely N-dealkylation sites (N-methyl/N-ethyl adjacent to an activating group) is 1. The molecular formula is C73H19NOS. The fourth-order valence-corrected chi connectivity index (χ4v) is 26.9. The van der Waals surface area contributed by atoms with Gasteiger partial charge in [0.05, 0.1) is 17.4 Å². The van der Waals surface area contributed by atoms with Crippen LogP contribution in [-0.4, -0.2) is 30.9 Å². The van der Waals surface area contributed by atoms with Crippen molar-refractivity contribution in [1.29, 1.82) is 0 Å². The second-order valence-electron chi connectivity index (χ2n) is 27.6. The molecule has 1 fully saturated rings. The predicted molar refractivity (Wildman–Crippen MR) is 324 cm³/mol. The molecule has 0 aromatic heterocycles. The number of hydrogen-bond donors (Lipinski definition) is 1. The molecule has 2 nitrogen and oxygen atoms in total. The molecule has 328 valence electrons. The molecule has 1 heterocycles. The average molecular weight is 958 g/mol. The summed E-state index contributed by atoms with van der Waals surface area (Å²) >= 11 is 4.53. The number of benzene rings is 19. The highest BCUT2D eigenvalue weighted by Crippen LogP contribution is 2.87. The van der Waals surface area contributed by atoms with E-state index < -0.39 is 0 Å². The summed E-state index contributed by atoms with van der Waals surface area (Å²) in [6.45, 7) is 1.76. The van der Waals surface area contributed by atoms with Gasteiger partial charge in [-0.2, -0.15) is 12.6 Å². The van der Waals surface area contributed by atoms with E-state index in [4.69, 9.17) is 4.74 Å². The van der Waals surface area contributed by atoms with E-state index >= 15 is 0 Å². The molecule has 29 aromatic rings. The zero-order chi connectivity index (χ0) is 45.9. The highest BCUT2D eigenvalue weighted by molar-refractivity contribution is 7.80. The van der Waals surface area contributed by atoms with E-state index in [2.05, 4.69) is 48.8 Å². The third kappa shape index (κ3) is 1.73. The molecule has 3 heteroatoms. The van der Waals surface area contributed by atoms with E-state index in [9.17, 15) is 0 Å². The number of hydrogen-bond acceptors (Lipinski definition) is 3. The lowest BCUT2D eigenvalue weighted by molar-refractivity contribution is 0.270. The number of thiol groups is 1. The van der Waals surface area contributed by atoms with E-state index in [0.717, 1.165) is 37.5 Å². The van der Waals surface area contributed by atoms with Gasteiger partial charge in [-0.25, -0.2) is 0 Å². The Hall–Kier alpha value is -8.21. The number of likely N-dealkylation sites (tertiary alicyclic amines) is 1. The molecule has 5 aliphatic rings. The first kappa shape index (κ1) is 30.4. The number of unbranched alkanes of at least 4 members (excludes halogenated alkanes) is 1. The second-order valence-corrected chi connectivity index (χ2v) is 28.1. The fourth-order valence-electron chi connectivity index (χ4n) is 26.7. The van der Waals surface area contributed by atoms with Gasteiger partial charge in [0.2, 0.25) is 0 Å². The average Bonchev–Trinajstić information content (AvgIpc) is 2.10. The van der Waals surface area contributed by atoms with E-state index in [0.29, 0.717) is 0 Å². The maximum atomic E-state index is 6.55. The summed E-state index contributed by atoms with van der Waals surface area (Å²) in [6.07, 6.45) is 2.11.